The van der Waals surface area contributed by atoms with Crippen LogP contribution in [0.2, 0.25) is 5.02 Å². The van der Waals surface area contributed by atoms with E-state index in [1.807, 2.05) is 35.2 Å². The zero-order chi connectivity index (χ0) is 21.5. The number of aryl methyl sites for hydroxylation is 1. The molecule has 1 aliphatic rings. The summed E-state index contributed by atoms with van der Waals surface area (Å²) in [5, 5.41) is 19.0. The molecule has 0 spiro atoms. The molecule has 0 aromatic heterocycles. The molecule has 0 heterocycles. The van der Waals surface area contributed by atoms with E-state index in [4.69, 9.17) is 21.7 Å². The maximum Gasteiger partial charge on any atom is 0.129 e. The van der Waals surface area contributed by atoms with Crippen LogP contribution in [0.3, 0.4) is 0 Å². The molecule has 1 saturated carbocycles. The SMILES string of the molecule is COc1ccc(Br)cc1CCc1c(Cl)cccc1C(=N)N(CC#N)C1CCCCC1. The van der Waals surface area contributed by atoms with Gasteiger partial charge in [0.25, 0.3) is 0 Å². The molecular formula is C24H27BrClN3O. The first-order valence-corrected chi connectivity index (χ1v) is 11.5. The second-order valence-electron chi connectivity index (χ2n) is 7.65. The smallest absolute Gasteiger partial charge is 0.129 e. The first-order chi connectivity index (χ1) is 14.5. The molecule has 0 amide bonds. The second-order valence-corrected chi connectivity index (χ2v) is 8.97. The van der Waals surface area contributed by atoms with Gasteiger partial charge in [0.1, 0.15) is 18.1 Å². The number of halogens is 2. The minimum absolute atomic E-state index is 0.231. The maximum absolute atomic E-state index is 9.39. The van der Waals surface area contributed by atoms with Gasteiger partial charge in [0, 0.05) is 21.1 Å². The van der Waals surface area contributed by atoms with Crippen LogP contribution in [0.5, 0.6) is 5.75 Å². The molecule has 0 unspecified atom stereocenters. The van der Waals surface area contributed by atoms with Crippen LogP contribution in [0.1, 0.15) is 48.8 Å². The first-order valence-electron chi connectivity index (χ1n) is 10.4. The average molecular weight is 489 g/mol. The van der Waals surface area contributed by atoms with E-state index in [2.05, 4.69) is 28.1 Å². The normalized spacial score (nSPS) is 14.2. The lowest BCUT2D eigenvalue weighted by atomic mass is 9.92. The van der Waals surface area contributed by atoms with E-state index >= 15 is 0 Å². The van der Waals surface area contributed by atoms with Crippen molar-refractivity contribution >= 4 is 33.4 Å². The van der Waals surface area contributed by atoms with E-state index in [0.717, 1.165) is 59.0 Å². The van der Waals surface area contributed by atoms with E-state index in [-0.39, 0.29) is 12.6 Å². The number of ether oxygens (including phenoxy) is 1. The molecule has 6 heteroatoms. The molecule has 3 rings (SSSR count). The van der Waals surface area contributed by atoms with Crippen LogP contribution < -0.4 is 4.74 Å². The number of rotatable bonds is 7. The molecule has 0 bridgehead atoms. The van der Waals surface area contributed by atoms with Gasteiger partial charge in [-0.25, -0.2) is 0 Å². The fourth-order valence-corrected chi connectivity index (χ4v) is 4.93. The Labute approximate surface area is 192 Å². The third-order valence-corrected chi connectivity index (χ3v) is 6.65. The highest BCUT2D eigenvalue weighted by Crippen LogP contribution is 2.29. The standard InChI is InChI=1S/C24H27BrClN3O/c1-30-23-13-11-18(25)16-17(23)10-12-20-21(8-5-9-22(20)26)24(28)29(15-14-27)19-6-3-2-4-7-19/h5,8-9,11,13,16,19,28H,2-4,6-7,10,12,15H2,1H3. The number of hydrogen-bond acceptors (Lipinski definition) is 3. The summed E-state index contributed by atoms with van der Waals surface area (Å²) in [5.41, 5.74) is 2.85. The van der Waals surface area contributed by atoms with Crippen molar-refractivity contribution in [3.63, 3.8) is 0 Å². The molecule has 0 aliphatic heterocycles. The number of nitriles is 1. The van der Waals surface area contributed by atoms with Gasteiger partial charge in [0.05, 0.1) is 13.2 Å². The van der Waals surface area contributed by atoms with Gasteiger partial charge in [-0.3, -0.25) is 5.41 Å². The fraction of sp³-hybridized carbons (Fsp3) is 0.417. The van der Waals surface area contributed by atoms with E-state index in [0.29, 0.717) is 17.3 Å². The van der Waals surface area contributed by atoms with Crippen molar-refractivity contribution in [1.29, 1.82) is 10.7 Å². The predicted molar refractivity (Wildman–Crippen MR) is 126 cm³/mol. The summed E-state index contributed by atoms with van der Waals surface area (Å²) in [7, 11) is 1.67. The molecular weight excluding hydrogens is 462 g/mol. The van der Waals surface area contributed by atoms with Gasteiger partial charge in [-0.15, -0.1) is 0 Å². The van der Waals surface area contributed by atoms with Crippen LogP contribution in [0.4, 0.5) is 0 Å². The van der Waals surface area contributed by atoms with Crippen molar-refractivity contribution in [2.75, 3.05) is 13.7 Å². The molecule has 0 saturated heterocycles. The third-order valence-electron chi connectivity index (χ3n) is 5.80. The van der Waals surface area contributed by atoms with Gasteiger partial charge < -0.3 is 9.64 Å². The summed E-state index contributed by atoms with van der Waals surface area (Å²) in [4.78, 5) is 1.97. The monoisotopic (exact) mass is 487 g/mol. The lowest BCUT2D eigenvalue weighted by Gasteiger charge is -2.35. The summed E-state index contributed by atoms with van der Waals surface area (Å²) in [6.07, 6.45) is 7.06. The number of benzene rings is 2. The second kappa shape index (κ2) is 10.8. The highest BCUT2D eigenvalue weighted by atomic mass is 79.9. The van der Waals surface area contributed by atoms with Gasteiger partial charge in [-0.2, -0.15) is 5.26 Å². The molecule has 158 valence electrons. The number of methoxy groups -OCH3 is 1. The molecule has 4 nitrogen and oxygen atoms in total. The zero-order valence-electron chi connectivity index (χ0n) is 17.3. The fourth-order valence-electron chi connectivity index (χ4n) is 4.25. The van der Waals surface area contributed by atoms with Gasteiger partial charge in [0.15, 0.2) is 0 Å². The van der Waals surface area contributed by atoms with Gasteiger partial charge in [-0.1, -0.05) is 58.9 Å². The highest BCUT2D eigenvalue weighted by Gasteiger charge is 2.25. The van der Waals surface area contributed by atoms with Crippen molar-refractivity contribution < 1.29 is 4.74 Å². The molecule has 1 fully saturated rings. The van der Waals surface area contributed by atoms with E-state index < -0.39 is 0 Å². The molecule has 30 heavy (non-hydrogen) atoms. The Morgan fingerprint density at radius 3 is 2.70 bits per heavy atom. The van der Waals surface area contributed by atoms with Gasteiger partial charge in [0.2, 0.25) is 0 Å². The number of nitrogens with zero attached hydrogens (tertiary/aromatic N) is 2. The Balaban J connectivity index is 1.87. The lowest BCUT2D eigenvalue weighted by molar-refractivity contribution is 0.261. The summed E-state index contributed by atoms with van der Waals surface area (Å²) in [6, 6.07) is 14.2. The van der Waals surface area contributed by atoms with Crippen molar-refractivity contribution in [2.24, 2.45) is 0 Å². The van der Waals surface area contributed by atoms with E-state index in [9.17, 15) is 5.26 Å². The maximum atomic E-state index is 9.39. The van der Waals surface area contributed by atoms with Crippen LogP contribution in [-0.4, -0.2) is 30.4 Å². The molecule has 0 radical (unpaired) electrons. The van der Waals surface area contributed by atoms with Crippen LogP contribution in [0, 0.1) is 16.7 Å². The number of hydrogen-bond donors (Lipinski definition) is 1. The Bertz CT molecular complexity index is 935. The van der Waals surface area contributed by atoms with Crippen molar-refractivity contribution in [3.8, 4) is 11.8 Å². The largest absolute Gasteiger partial charge is 0.496 e. The van der Waals surface area contributed by atoms with E-state index in [1.54, 1.807) is 7.11 Å². The zero-order valence-corrected chi connectivity index (χ0v) is 19.6. The average Bonchev–Trinajstić information content (AvgIpc) is 2.76. The van der Waals surface area contributed by atoms with Crippen molar-refractivity contribution in [3.05, 3.63) is 62.6 Å². The molecule has 1 N–H and O–H groups in total. The summed E-state index contributed by atoms with van der Waals surface area (Å²) in [5.74, 6) is 1.25. The van der Waals surface area contributed by atoms with Gasteiger partial charge >= 0.3 is 0 Å². The summed E-state index contributed by atoms with van der Waals surface area (Å²) in [6.45, 7) is 0.231. The topological polar surface area (TPSA) is 60.1 Å². The molecule has 2 aromatic rings. The quantitative estimate of drug-likeness (QED) is 0.279. The molecule has 2 aromatic carbocycles. The number of amidine groups is 1. The third kappa shape index (κ3) is 5.36. The molecule has 1 aliphatic carbocycles. The minimum atomic E-state index is 0.231. The van der Waals surface area contributed by atoms with Crippen molar-refractivity contribution in [1.82, 2.24) is 4.90 Å². The number of nitrogens with one attached hydrogen (secondary N) is 1. The lowest BCUT2D eigenvalue weighted by Crippen LogP contribution is -2.42. The van der Waals surface area contributed by atoms with Crippen LogP contribution >= 0.6 is 27.5 Å². The minimum Gasteiger partial charge on any atom is -0.496 e. The Morgan fingerprint density at radius 2 is 2.00 bits per heavy atom. The van der Waals surface area contributed by atoms with Crippen LogP contribution in [0.25, 0.3) is 0 Å². The highest BCUT2D eigenvalue weighted by molar-refractivity contribution is 9.10. The Kier molecular flexibility index (Phi) is 8.18. The summed E-state index contributed by atoms with van der Waals surface area (Å²) < 4.78 is 6.51. The van der Waals surface area contributed by atoms with Crippen LogP contribution in [0.15, 0.2) is 40.9 Å². The predicted octanol–water partition coefficient (Wildman–Crippen LogP) is 6.38. The summed E-state index contributed by atoms with van der Waals surface area (Å²) >= 11 is 10.1. The Morgan fingerprint density at radius 1 is 1.23 bits per heavy atom. The molecule has 0 atom stereocenters. The van der Waals surface area contributed by atoms with E-state index in [1.165, 1.54) is 6.42 Å². The van der Waals surface area contributed by atoms with Crippen molar-refractivity contribution in [2.45, 2.75) is 51.0 Å². The Hall–Kier alpha value is -2.03. The first kappa shape index (κ1) is 22.7. The van der Waals surface area contributed by atoms with Gasteiger partial charge in [-0.05, 0) is 61.1 Å². The van der Waals surface area contributed by atoms with Crippen LogP contribution in [-0.2, 0) is 12.8 Å².